The molecule has 0 radical (unpaired) electrons. The summed E-state index contributed by atoms with van der Waals surface area (Å²) in [4.78, 5) is 39.9. The summed E-state index contributed by atoms with van der Waals surface area (Å²) >= 11 is 3.13. The SMILES string of the molecule is Cc1ccc2nc(-c3cccs3)c(CN(CCCN3CCCC3=O)C(=O)c3csc(C)n3)cc2c1. The molecule has 4 heterocycles. The van der Waals surface area contributed by atoms with Crippen molar-refractivity contribution in [3.63, 3.8) is 0 Å². The van der Waals surface area contributed by atoms with Crippen LogP contribution in [0.3, 0.4) is 0 Å². The van der Waals surface area contributed by atoms with Crippen LogP contribution in [0.5, 0.6) is 0 Å². The Balaban J connectivity index is 1.47. The highest BCUT2D eigenvalue weighted by Crippen LogP contribution is 2.31. The lowest BCUT2D eigenvalue weighted by atomic mass is 10.1. The van der Waals surface area contributed by atoms with E-state index >= 15 is 0 Å². The summed E-state index contributed by atoms with van der Waals surface area (Å²) in [5.74, 6) is 0.135. The third-order valence-electron chi connectivity index (χ3n) is 6.32. The van der Waals surface area contributed by atoms with Crippen molar-refractivity contribution < 1.29 is 9.59 Å². The Hall–Kier alpha value is -3.10. The lowest BCUT2D eigenvalue weighted by Gasteiger charge is -2.25. The molecule has 2 amide bonds. The molecule has 1 aliphatic rings. The third-order valence-corrected chi connectivity index (χ3v) is 7.97. The molecule has 35 heavy (non-hydrogen) atoms. The molecule has 180 valence electrons. The van der Waals surface area contributed by atoms with Gasteiger partial charge in [-0.25, -0.2) is 9.97 Å². The quantitative estimate of drug-likeness (QED) is 0.309. The molecule has 0 aliphatic carbocycles. The summed E-state index contributed by atoms with van der Waals surface area (Å²) in [7, 11) is 0. The average molecular weight is 505 g/mol. The number of thiophene rings is 1. The van der Waals surface area contributed by atoms with Crippen molar-refractivity contribution in [2.24, 2.45) is 0 Å². The van der Waals surface area contributed by atoms with E-state index in [9.17, 15) is 9.59 Å². The molecule has 5 rings (SSSR count). The van der Waals surface area contributed by atoms with Crippen molar-refractivity contribution in [1.82, 2.24) is 19.8 Å². The number of carbonyl (C=O) groups excluding carboxylic acids is 2. The van der Waals surface area contributed by atoms with Crippen molar-refractivity contribution in [3.8, 4) is 10.6 Å². The molecule has 6 nitrogen and oxygen atoms in total. The van der Waals surface area contributed by atoms with Gasteiger partial charge in [-0.2, -0.15) is 0 Å². The first-order chi connectivity index (χ1) is 17.0. The molecule has 1 aromatic carbocycles. The highest BCUT2D eigenvalue weighted by atomic mass is 32.1. The fourth-order valence-electron chi connectivity index (χ4n) is 4.56. The number of pyridine rings is 1. The number of fused-ring (bicyclic) bond motifs is 1. The van der Waals surface area contributed by atoms with Crippen molar-refractivity contribution >= 4 is 45.4 Å². The normalized spacial score (nSPS) is 13.7. The summed E-state index contributed by atoms with van der Waals surface area (Å²) < 4.78 is 0. The van der Waals surface area contributed by atoms with Crippen LogP contribution in [-0.4, -0.2) is 51.2 Å². The van der Waals surface area contributed by atoms with Crippen LogP contribution in [0.25, 0.3) is 21.5 Å². The highest BCUT2D eigenvalue weighted by Gasteiger charge is 2.23. The number of benzene rings is 1. The summed E-state index contributed by atoms with van der Waals surface area (Å²) in [5.41, 5.74) is 4.53. The number of nitrogens with zero attached hydrogens (tertiary/aromatic N) is 4. The van der Waals surface area contributed by atoms with Gasteiger partial charge in [0.05, 0.1) is 21.1 Å². The number of rotatable bonds is 8. The Labute approximate surface area is 213 Å². The number of amides is 2. The van der Waals surface area contributed by atoms with Crippen LogP contribution in [-0.2, 0) is 11.3 Å². The average Bonchev–Trinajstić information content (AvgIpc) is 3.61. The molecule has 1 fully saturated rings. The van der Waals surface area contributed by atoms with Gasteiger partial charge < -0.3 is 9.80 Å². The zero-order valence-electron chi connectivity index (χ0n) is 20.0. The molecule has 8 heteroatoms. The fraction of sp³-hybridized carbons (Fsp3) is 0.333. The topological polar surface area (TPSA) is 66.4 Å². The third kappa shape index (κ3) is 5.28. The Morgan fingerprint density at radius 1 is 1.14 bits per heavy atom. The molecule has 0 unspecified atom stereocenters. The van der Waals surface area contributed by atoms with Crippen LogP contribution in [0.2, 0.25) is 0 Å². The molecule has 1 saturated heterocycles. The van der Waals surface area contributed by atoms with E-state index in [1.54, 1.807) is 11.3 Å². The molecule has 4 aromatic rings. The molecule has 0 spiro atoms. The number of hydrogen-bond acceptors (Lipinski definition) is 6. The standard InChI is InChI=1S/C27H28N4O2S2/c1-18-8-9-22-20(14-18)15-21(26(29-22)24-6-4-13-34-24)16-31(27(33)23-17-35-19(2)28-23)12-5-11-30-10-3-7-25(30)32/h4,6,8-9,13-15,17H,3,5,7,10-12,16H2,1-2H3. The number of aromatic nitrogens is 2. The van der Waals surface area contributed by atoms with E-state index in [1.807, 2.05) is 33.6 Å². The van der Waals surface area contributed by atoms with Gasteiger partial charge in [-0.05, 0) is 61.9 Å². The Bertz CT molecular complexity index is 1360. The van der Waals surface area contributed by atoms with Crippen LogP contribution in [0.15, 0.2) is 47.2 Å². The van der Waals surface area contributed by atoms with E-state index < -0.39 is 0 Å². The van der Waals surface area contributed by atoms with E-state index in [2.05, 4.69) is 42.2 Å². The summed E-state index contributed by atoms with van der Waals surface area (Å²) in [6.07, 6.45) is 2.29. The molecule has 3 aromatic heterocycles. The van der Waals surface area contributed by atoms with E-state index in [0.29, 0.717) is 31.7 Å². The Kier molecular flexibility index (Phi) is 6.92. The maximum Gasteiger partial charge on any atom is 0.273 e. The van der Waals surface area contributed by atoms with Crippen molar-refractivity contribution in [1.29, 1.82) is 0 Å². The zero-order chi connectivity index (χ0) is 24.4. The zero-order valence-corrected chi connectivity index (χ0v) is 21.6. The van der Waals surface area contributed by atoms with E-state index in [-0.39, 0.29) is 11.8 Å². The van der Waals surface area contributed by atoms with E-state index in [1.165, 1.54) is 16.9 Å². The largest absolute Gasteiger partial charge is 0.343 e. The van der Waals surface area contributed by atoms with Gasteiger partial charge in [0.15, 0.2) is 0 Å². The molecule has 0 bridgehead atoms. The van der Waals surface area contributed by atoms with Gasteiger partial charge in [0.2, 0.25) is 5.91 Å². The Morgan fingerprint density at radius 2 is 2.03 bits per heavy atom. The first kappa shape index (κ1) is 23.6. The number of carbonyl (C=O) groups is 2. The number of thiazole rings is 1. The predicted molar refractivity (Wildman–Crippen MR) is 142 cm³/mol. The molecule has 0 N–H and O–H groups in total. The monoisotopic (exact) mass is 504 g/mol. The lowest BCUT2D eigenvalue weighted by Crippen LogP contribution is -2.35. The van der Waals surface area contributed by atoms with Crippen LogP contribution in [0, 0.1) is 13.8 Å². The van der Waals surface area contributed by atoms with Crippen molar-refractivity contribution in [2.75, 3.05) is 19.6 Å². The first-order valence-corrected chi connectivity index (χ1v) is 13.7. The highest BCUT2D eigenvalue weighted by molar-refractivity contribution is 7.13. The van der Waals surface area contributed by atoms with E-state index in [4.69, 9.17) is 4.98 Å². The van der Waals surface area contributed by atoms with Crippen molar-refractivity contribution in [3.05, 3.63) is 69.0 Å². The fourth-order valence-corrected chi connectivity index (χ4v) is 5.90. The second-order valence-corrected chi connectivity index (χ2v) is 11.0. The summed E-state index contributed by atoms with van der Waals surface area (Å²) in [5, 5.41) is 5.82. The predicted octanol–water partition coefficient (Wildman–Crippen LogP) is 5.69. The molecule has 0 saturated carbocycles. The van der Waals surface area contributed by atoms with Crippen LogP contribution >= 0.6 is 22.7 Å². The van der Waals surface area contributed by atoms with Gasteiger partial charge in [-0.1, -0.05) is 17.7 Å². The van der Waals surface area contributed by atoms with Gasteiger partial charge in [-0.15, -0.1) is 22.7 Å². The number of aryl methyl sites for hydroxylation is 2. The molecule has 1 aliphatic heterocycles. The van der Waals surface area contributed by atoms with Crippen LogP contribution in [0.4, 0.5) is 0 Å². The minimum Gasteiger partial charge on any atom is -0.343 e. The Morgan fingerprint density at radius 3 is 2.74 bits per heavy atom. The second kappa shape index (κ2) is 10.3. The molecular weight excluding hydrogens is 476 g/mol. The van der Waals surface area contributed by atoms with Crippen LogP contribution < -0.4 is 0 Å². The molecular formula is C27H28N4O2S2. The van der Waals surface area contributed by atoms with Gasteiger partial charge >= 0.3 is 0 Å². The smallest absolute Gasteiger partial charge is 0.273 e. The maximum atomic E-state index is 13.5. The van der Waals surface area contributed by atoms with Gasteiger partial charge in [-0.3, -0.25) is 9.59 Å². The number of likely N-dealkylation sites (tertiary alicyclic amines) is 1. The van der Waals surface area contributed by atoms with Gasteiger partial charge in [0.1, 0.15) is 5.69 Å². The second-order valence-electron chi connectivity index (χ2n) is 8.99. The minimum atomic E-state index is -0.0800. The van der Waals surface area contributed by atoms with Gasteiger partial charge in [0.25, 0.3) is 5.91 Å². The van der Waals surface area contributed by atoms with Crippen molar-refractivity contribution in [2.45, 2.75) is 39.7 Å². The lowest BCUT2D eigenvalue weighted by molar-refractivity contribution is -0.127. The minimum absolute atomic E-state index is 0.0800. The number of hydrogen-bond donors (Lipinski definition) is 0. The van der Waals surface area contributed by atoms with Gasteiger partial charge in [0, 0.05) is 43.4 Å². The summed E-state index contributed by atoms with van der Waals surface area (Å²) in [6.45, 7) is 6.46. The van der Waals surface area contributed by atoms with Crippen LogP contribution in [0.1, 0.15) is 45.9 Å². The summed E-state index contributed by atoms with van der Waals surface area (Å²) in [6, 6.07) is 12.5. The molecule has 0 atom stereocenters. The van der Waals surface area contributed by atoms with E-state index in [0.717, 1.165) is 51.4 Å². The first-order valence-electron chi connectivity index (χ1n) is 11.9. The maximum absolute atomic E-state index is 13.5.